The normalized spacial score (nSPS) is 15.1. The number of carbonyl (C=O) groups is 1. The number of amides is 1. The Morgan fingerprint density at radius 2 is 2.33 bits per heavy atom. The maximum Gasteiger partial charge on any atom is 0.230 e. The molecule has 0 radical (unpaired) electrons. The smallest absolute Gasteiger partial charge is 0.230 e. The third-order valence-electron chi connectivity index (χ3n) is 3.83. The molecule has 0 saturated carbocycles. The number of aromatic nitrogens is 2. The van der Waals surface area contributed by atoms with Crippen LogP contribution < -0.4 is 5.32 Å². The number of carbonyl (C=O) groups excluding carboxylic acids is 1. The number of thioether (sulfide) groups is 1. The van der Waals surface area contributed by atoms with Crippen LogP contribution in [-0.2, 0) is 17.6 Å². The second kappa shape index (κ2) is 6.32. The van der Waals surface area contributed by atoms with Gasteiger partial charge in [-0.1, -0.05) is 18.7 Å². The molecule has 4 nitrogen and oxygen atoms in total. The second-order valence-corrected chi connectivity index (χ2v) is 7.43. The van der Waals surface area contributed by atoms with Crippen molar-refractivity contribution in [1.82, 2.24) is 15.3 Å². The molecule has 3 rings (SSSR count). The van der Waals surface area contributed by atoms with Gasteiger partial charge >= 0.3 is 0 Å². The van der Waals surface area contributed by atoms with E-state index in [9.17, 15) is 4.79 Å². The molecule has 112 valence electrons. The average molecular weight is 321 g/mol. The fraction of sp³-hybridized carbons (Fsp3) is 0.533. The highest BCUT2D eigenvalue weighted by atomic mass is 32.2. The Bertz CT molecular complexity index is 668. The first kappa shape index (κ1) is 14.8. The topological polar surface area (TPSA) is 54.9 Å². The van der Waals surface area contributed by atoms with E-state index in [2.05, 4.69) is 22.2 Å². The molecule has 0 unspecified atom stereocenters. The molecule has 1 N–H and O–H groups in total. The van der Waals surface area contributed by atoms with Crippen molar-refractivity contribution in [1.29, 1.82) is 0 Å². The number of nitrogens with zero attached hydrogens (tertiary/aromatic N) is 2. The van der Waals surface area contributed by atoms with Crippen molar-refractivity contribution in [3.63, 3.8) is 0 Å². The van der Waals surface area contributed by atoms with E-state index in [0.717, 1.165) is 29.1 Å². The van der Waals surface area contributed by atoms with Crippen molar-refractivity contribution in [3.8, 4) is 0 Å². The summed E-state index contributed by atoms with van der Waals surface area (Å²) < 4.78 is 0. The lowest BCUT2D eigenvalue weighted by Crippen LogP contribution is -2.33. The minimum Gasteiger partial charge on any atom is -0.353 e. The fourth-order valence-corrected chi connectivity index (χ4v) is 4.69. The van der Waals surface area contributed by atoms with Crippen LogP contribution in [-0.4, -0.2) is 27.7 Å². The first-order valence-electron chi connectivity index (χ1n) is 7.36. The zero-order valence-corrected chi connectivity index (χ0v) is 13.9. The van der Waals surface area contributed by atoms with Crippen molar-refractivity contribution in [2.45, 2.75) is 50.6 Å². The van der Waals surface area contributed by atoms with E-state index in [-0.39, 0.29) is 11.9 Å². The van der Waals surface area contributed by atoms with Crippen LogP contribution >= 0.6 is 23.1 Å². The highest BCUT2D eigenvalue weighted by molar-refractivity contribution is 8.00. The van der Waals surface area contributed by atoms with Gasteiger partial charge in [-0.2, -0.15) is 0 Å². The first-order valence-corrected chi connectivity index (χ1v) is 9.16. The molecule has 1 amide bonds. The SMILES string of the molecule is CC[C@@H](C)NC(=O)CSc1ncnc2sc3c(c12)CCC3. The molecule has 2 aromatic rings. The van der Waals surface area contributed by atoms with Gasteiger partial charge in [-0.05, 0) is 38.2 Å². The Hall–Kier alpha value is -1.14. The minimum absolute atomic E-state index is 0.0768. The molecule has 1 atom stereocenters. The quantitative estimate of drug-likeness (QED) is 0.679. The maximum absolute atomic E-state index is 11.9. The number of hydrogen-bond donors (Lipinski definition) is 1. The van der Waals surface area contributed by atoms with Gasteiger partial charge in [0.25, 0.3) is 0 Å². The highest BCUT2D eigenvalue weighted by Gasteiger charge is 2.21. The molecule has 0 saturated heterocycles. The molecule has 1 aliphatic rings. The second-order valence-electron chi connectivity index (χ2n) is 5.38. The van der Waals surface area contributed by atoms with Crippen molar-refractivity contribution >= 4 is 39.2 Å². The van der Waals surface area contributed by atoms with Crippen LogP contribution in [0.2, 0.25) is 0 Å². The van der Waals surface area contributed by atoms with Crippen molar-refractivity contribution in [3.05, 3.63) is 16.8 Å². The van der Waals surface area contributed by atoms with E-state index >= 15 is 0 Å². The molecule has 21 heavy (non-hydrogen) atoms. The van der Waals surface area contributed by atoms with Crippen LogP contribution in [0.25, 0.3) is 10.2 Å². The zero-order valence-electron chi connectivity index (χ0n) is 12.3. The van der Waals surface area contributed by atoms with E-state index in [0.29, 0.717) is 5.75 Å². The fourth-order valence-electron chi connectivity index (χ4n) is 2.56. The number of aryl methyl sites for hydroxylation is 2. The van der Waals surface area contributed by atoms with Gasteiger partial charge in [-0.3, -0.25) is 4.79 Å². The van der Waals surface area contributed by atoms with Gasteiger partial charge in [-0.25, -0.2) is 9.97 Å². The van der Waals surface area contributed by atoms with Gasteiger partial charge in [0, 0.05) is 16.3 Å². The maximum atomic E-state index is 11.9. The molecule has 6 heteroatoms. The Morgan fingerprint density at radius 3 is 3.14 bits per heavy atom. The van der Waals surface area contributed by atoms with Crippen LogP contribution in [0.5, 0.6) is 0 Å². The summed E-state index contributed by atoms with van der Waals surface area (Å²) in [7, 11) is 0. The van der Waals surface area contributed by atoms with Crippen molar-refractivity contribution in [2.75, 3.05) is 5.75 Å². The van der Waals surface area contributed by atoms with E-state index in [1.807, 2.05) is 6.92 Å². The Labute approximate surface area is 132 Å². The molecular formula is C15H19N3OS2. The van der Waals surface area contributed by atoms with Gasteiger partial charge in [0.15, 0.2) is 0 Å². The van der Waals surface area contributed by atoms with E-state index in [1.54, 1.807) is 17.7 Å². The van der Waals surface area contributed by atoms with Crippen LogP contribution in [0.15, 0.2) is 11.4 Å². The van der Waals surface area contributed by atoms with Gasteiger partial charge < -0.3 is 5.32 Å². The molecular weight excluding hydrogens is 302 g/mol. The van der Waals surface area contributed by atoms with Crippen molar-refractivity contribution in [2.24, 2.45) is 0 Å². The van der Waals surface area contributed by atoms with E-state index < -0.39 is 0 Å². The average Bonchev–Trinajstić information content (AvgIpc) is 3.05. The van der Waals surface area contributed by atoms with E-state index in [4.69, 9.17) is 0 Å². The zero-order chi connectivity index (χ0) is 14.8. The predicted octanol–water partition coefficient (Wildman–Crippen LogP) is 3.19. The van der Waals surface area contributed by atoms with Gasteiger partial charge in [0.1, 0.15) is 16.2 Å². The molecule has 0 aliphatic heterocycles. The largest absolute Gasteiger partial charge is 0.353 e. The molecule has 2 heterocycles. The lowest BCUT2D eigenvalue weighted by molar-refractivity contribution is -0.119. The first-order chi connectivity index (χ1) is 10.2. The summed E-state index contributed by atoms with van der Waals surface area (Å²) in [5.41, 5.74) is 1.42. The number of fused-ring (bicyclic) bond motifs is 3. The Kier molecular flexibility index (Phi) is 4.45. The molecule has 1 aliphatic carbocycles. The Morgan fingerprint density at radius 1 is 1.48 bits per heavy atom. The van der Waals surface area contributed by atoms with Crippen LogP contribution in [0.1, 0.15) is 37.1 Å². The summed E-state index contributed by atoms with van der Waals surface area (Å²) in [6, 6.07) is 0.230. The summed E-state index contributed by atoms with van der Waals surface area (Å²) >= 11 is 3.31. The van der Waals surface area contributed by atoms with E-state index in [1.165, 1.54) is 34.0 Å². The molecule has 0 bridgehead atoms. The summed E-state index contributed by atoms with van der Waals surface area (Å²) in [5.74, 6) is 0.495. The van der Waals surface area contributed by atoms with Gasteiger partial charge in [0.05, 0.1) is 5.75 Å². The monoisotopic (exact) mass is 321 g/mol. The third kappa shape index (κ3) is 3.06. The highest BCUT2D eigenvalue weighted by Crippen LogP contribution is 2.39. The van der Waals surface area contributed by atoms with Crippen molar-refractivity contribution < 1.29 is 4.79 Å². The summed E-state index contributed by atoms with van der Waals surface area (Å²) in [5, 5.41) is 5.14. The van der Waals surface area contributed by atoms with Gasteiger partial charge in [0.2, 0.25) is 5.91 Å². The summed E-state index contributed by atoms with van der Waals surface area (Å²) in [6.45, 7) is 4.10. The molecule has 0 fully saturated rings. The predicted molar refractivity (Wildman–Crippen MR) is 88.1 cm³/mol. The third-order valence-corrected chi connectivity index (χ3v) is 6.02. The lowest BCUT2D eigenvalue weighted by atomic mass is 10.2. The number of hydrogen-bond acceptors (Lipinski definition) is 5. The van der Waals surface area contributed by atoms with Crippen LogP contribution in [0.3, 0.4) is 0 Å². The van der Waals surface area contributed by atoms with Crippen LogP contribution in [0.4, 0.5) is 0 Å². The summed E-state index contributed by atoms with van der Waals surface area (Å²) in [4.78, 5) is 23.2. The molecule has 0 aromatic carbocycles. The minimum atomic E-state index is 0.0768. The molecule has 0 spiro atoms. The van der Waals surface area contributed by atoms with Crippen LogP contribution in [0, 0.1) is 0 Å². The number of thiophene rings is 1. The lowest BCUT2D eigenvalue weighted by Gasteiger charge is -2.11. The molecule has 2 aromatic heterocycles. The van der Waals surface area contributed by atoms with Gasteiger partial charge in [-0.15, -0.1) is 11.3 Å². The standard InChI is InChI=1S/C15H19N3OS2/c1-3-9(2)18-12(19)7-20-14-13-10-5-4-6-11(10)21-15(13)17-8-16-14/h8-9H,3-7H2,1-2H3,(H,18,19)/t9-/m1/s1. The Balaban J connectivity index is 1.77. The number of rotatable bonds is 5. The number of nitrogens with one attached hydrogen (secondary N) is 1. The summed E-state index contributed by atoms with van der Waals surface area (Å²) in [6.07, 6.45) is 6.07.